The molecule has 0 atom stereocenters. The van der Waals surface area contributed by atoms with Crippen LogP contribution in [0.15, 0.2) is 5.16 Å². The quantitative estimate of drug-likeness (QED) is 0.855. The van der Waals surface area contributed by atoms with Crippen LogP contribution in [0, 0.1) is 0 Å². The number of fused-ring (bicyclic) bond motifs is 1. The molecule has 0 bridgehead atoms. The van der Waals surface area contributed by atoms with Gasteiger partial charge in [0, 0.05) is 19.1 Å². The van der Waals surface area contributed by atoms with Gasteiger partial charge in [-0.1, -0.05) is 6.92 Å². The number of imidazole rings is 1. The van der Waals surface area contributed by atoms with E-state index < -0.39 is 9.84 Å². The molecule has 0 saturated heterocycles. The molecule has 0 amide bonds. The van der Waals surface area contributed by atoms with Crippen LogP contribution in [0.25, 0.3) is 0 Å². The van der Waals surface area contributed by atoms with Crippen molar-refractivity contribution in [3.8, 4) is 0 Å². The summed E-state index contributed by atoms with van der Waals surface area (Å²) >= 11 is 0. The Balaban J connectivity index is 2.64. The van der Waals surface area contributed by atoms with Crippen molar-refractivity contribution in [1.29, 1.82) is 0 Å². The van der Waals surface area contributed by atoms with Crippen molar-refractivity contribution in [3.63, 3.8) is 0 Å². The van der Waals surface area contributed by atoms with E-state index in [0.29, 0.717) is 13.1 Å². The summed E-state index contributed by atoms with van der Waals surface area (Å²) in [5, 5.41) is 3.41. The minimum Gasteiger partial charge on any atom is -0.315 e. The summed E-state index contributed by atoms with van der Waals surface area (Å²) in [5.74, 6) is 0.100. The molecule has 2 heterocycles. The Labute approximate surface area is 95.8 Å². The van der Waals surface area contributed by atoms with Crippen LogP contribution in [0.2, 0.25) is 0 Å². The number of hydrogen-bond donors (Lipinski definition) is 1. The first-order chi connectivity index (χ1) is 7.47. The lowest BCUT2D eigenvalue weighted by molar-refractivity contribution is 0.498. The highest BCUT2D eigenvalue weighted by Gasteiger charge is 2.28. The molecule has 0 aromatic carbocycles. The maximum absolute atomic E-state index is 11.9. The molecule has 90 valence electrons. The van der Waals surface area contributed by atoms with Gasteiger partial charge in [-0.15, -0.1) is 0 Å². The number of rotatable bonds is 3. The summed E-state index contributed by atoms with van der Waals surface area (Å²) in [7, 11) is -3.23. The fourth-order valence-electron chi connectivity index (χ4n) is 2.00. The normalized spacial score (nSPS) is 15.8. The average Bonchev–Trinajstić information content (AvgIpc) is 2.75. The molecule has 5 nitrogen and oxygen atoms in total. The van der Waals surface area contributed by atoms with Gasteiger partial charge in [-0.2, -0.15) is 0 Å². The monoisotopic (exact) mass is 243 g/mol. The summed E-state index contributed by atoms with van der Waals surface area (Å²) in [6.07, 6.45) is 0. The van der Waals surface area contributed by atoms with Gasteiger partial charge < -0.3 is 9.88 Å². The van der Waals surface area contributed by atoms with Crippen molar-refractivity contribution in [2.45, 2.75) is 45.1 Å². The highest BCUT2D eigenvalue weighted by molar-refractivity contribution is 7.91. The fourth-order valence-corrected chi connectivity index (χ4v) is 3.13. The summed E-state index contributed by atoms with van der Waals surface area (Å²) in [5.41, 5.74) is 1.89. The lowest BCUT2D eigenvalue weighted by Crippen LogP contribution is -2.17. The first kappa shape index (κ1) is 11.6. The van der Waals surface area contributed by atoms with Gasteiger partial charge in [0.1, 0.15) is 0 Å². The molecule has 0 fully saturated rings. The average molecular weight is 243 g/mol. The van der Waals surface area contributed by atoms with Crippen molar-refractivity contribution in [3.05, 3.63) is 11.4 Å². The van der Waals surface area contributed by atoms with Crippen LogP contribution in [0.5, 0.6) is 0 Å². The van der Waals surface area contributed by atoms with E-state index in [1.54, 1.807) is 6.92 Å². The van der Waals surface area contributed by atoms with E-state index in [4.69, 9.17) is 0 Å². The second kappa shape index (κ2) is 3.85. The topological polar surface area (TPSA) is 64.0 Å². The Morgan fingerprint density at radius 3 is 2.69 bits per heavy atom. The Kier molecular flexibility index (Phi) is 2.79. The zero-order valence-electron chi connectivity index (χ0n) is 9.82. The minimum atomic E-state index is -3.23. The summed E-state index contributed by atoms with van der Waals surface area (Å²) in [4.78, 5) is 4.27. The maximum Gasteiger partial charge on any atom is 0.228 e. The van der Waals surface area contributed by atoms with Gasteiger partial charge in [0.2, 0.25) is 15.0 Å². The molecule has 2 rings (SSSR count). The third kappa shape index (κ3) is 1.66. The van der Waals surface area contributed by atoms with Crippen LogP contribution in [0.3, 0.4) is 0 Å². The minimum absolute atomic E-state index is 0.100. The summed E-state index contributed by atoms with van der Waals surface area (Å²) in [6.45, 7) is 6.99. The van der Waals surface area contributed by atoms with E-state index >= 15 is 0 Å². The number of nitrogens with one attached hydrogen (secondary N) is 1. The zero-order valence-corrected chi connectivity index (χ0v) is 10.6. The third-order valence-corrected chi connectivity index (χ3v) is 4.42. The summed E-state index contributed by atoms with van der Waals surface area (Å²) in [6, 6.07) is 0.118. The van der Waals surface area contributed by atoms with Gasteiger partial charge in [-0.05, 0) is 13.8 Å². The molecule has 1 N–H and O–H groups in total. The number of aromatic nitrogens is 2. The molecule has 1 aliphatic heterocycles. The smallest absolute Gasteiger partial charge is 0.228 e. The number of nitrogens with zero attached hydrogens (tertiary/aromatic N) is 2. The third-order valence-electron chi connectivity index (χ3n) is 2.82. The first-order valence-electron chi connectivity index (χ1n) is 5.50. The predicted molar refractivity (Wildman–Crippen MR) is 60.9 cm³/mol. The maximum atomic E-state index is 11.9. The van der Waals surface area contributed by atoms with Gasteiger partial charge in [0.25, 0.3) is 0 Å². The molecule has 16 heavy (non-hydrogen) atoms. The van der Waals surface area contributed by atoms with Gasteiger partial charge >= 0.3 is 0 Å². The van der Waals surface area contributed by atoms with E-state index in [9.17, 15) is 8.42 Å². The highest BCUT2D eigenvalue weighted by atomic mass is 32.2. The van der Waals surface area contributed by atoms with E-state index in [-0.39, 0.29) is 17.0 Å². The van der Waals surface area contributed by atoms with Crippen molar-refractivity contribution in [2.24, 2.45) is 0 Å². The molecule has 0 aliphatic carbocycles. The van der Waals surface area contributed by atoms with Crippen molar-refractivity contribution >= 4 is 9.84 Å². The number of sulfone groups is 1. The van der Waals surface area contributed by atoms with E-state index in [1.165, 1.54) is 0 Å². The Bertz CT molecular complexity index is 502. The van der Waals surface area contributed by atoms with Crippen molar-refractivity contribution in [2.75, 3.05) is 5.75 Å². The lowest BCUT2D eigenvalue weighted by atomic mass is 10.3. The molecule has 0 radical (unpaired) electrons. The van der Waals surface area contributed by atoms with Gasteiger partial charge in [0.05, 0.1) is 17.1 Å². The van der Waals surface area contributed by atoms with Crippen LogP contribution in [0.4, 0.5) is 0 Å². The van der Waals surface area contributed by atoms with Crippen molar-refractivity contribution < 1.29 is 8.42 Å². The Hall–Kier alpha value is -0.880. The zero-order chi connectivity index (χ0) is 11.9. The number of hydrogen-bond acceptors (Lipinski definition) is 4. The van der Waals surface area contributed by atoms with E-state index in [2.05, 4.69) is 10.3 Å². The van der Waals surface area contributed by atoms with E-state index in [0.717, 1.165) is 11.4 Å². The predicted octanol–water partition coefficient (Wildman–Crippen LogP) is 0.861. The second-order valence-corrected chi connectivity index (χ2v) is 6.43. The second-order valence-electron chi connectivity index (χ2n) is 4.26. The molecule has 1 aliphatic rings. The summed E-state index contributed by atoms with van der Waals surface area (Å²) < 4.78 is 25.7. The Morgan fingerprint density at radius 2 is 2.12 bits per heavy atom. The molecule has 0 saturated carbocycles. The van der Waals surface area contributed by atoms with Crippen molar-refractivity contribution in [1.82, 2.24) is 14.9 Å². The van der Waals surface area contributed by atoms with Crippen LogP contribution in [-0.2, 0) is 22.9 Å². The molecular weight excluding hydrogens is 226 g/mol. The van der Waals surface area contributed by atoms with Gasteiger partial charge in [-0.25, -0.2) is 13.4 Å². The molecular formula is C10H17N3O2S. The fraction of sp³-hybridized carbons (Fsp3) is 0.700. The lowest BCUT2D eigenvalue weighted by Gasteiger charge is -2.14. The SMILES string of the molecule is CCS(=O)(=O)c1nc2c(n1C(C)C)CNC2. The molecule has 6 heteroatoms. The standard InChI is InChI=1S/C10H17N3O2S/c1-4-16(14,15)10-12-8-5-11-6-9(8)13(10)7(2)3/h7,11H,4-6H2,1-3H3. The van der Waals surface area contributed by atoms with Crippen LogP contribution < -0.4 is 5.32 Å². The molecule has 0 spiro atoms. The van der Waals surface area contributed by atoms with E-state index in [1.807, 2.05) is 18.4 Å². The molecule has 0 unspecified atom stereocenters. The van der Waals surface area contributed by atoms with Crippen LogP contribution in [-0.4, -0.2) is 23.7 Å². The molecule has 1 aromatic rings. The first-order valence-corrected chi connectivity index (χ1v) is 7.16. The highest BCUT2D eigenvalue weighted by Crippen LogP contribution is 2.25. The van der Waals surface area contributed by atoms with Gasteiger partial charge in [0.15, 0.2) is 0 Å². The Morgan fingerprint density at radius 1 is 1.44 bits per heavy atom. The van der Waals surface area contributed by atoms with Crippen LogP contribution >= 0.6 is 0 Å². The molecule has 1 aromatic heterocycles. The van der Waals surface area contributed by atoms with Gasteiger partial charge in [-0.3, -0.25) is 0 Å². The largest absolute Gasteiger partial charge is 0.315 e. The van der Waals surface area contributed by atoms with Crippen LogP contribution in [0.1, 0.15) is 38.2 Å².